The lowest BCUT2D eigenvalue weighted by atomic mass is 10.1. The van der Waals surface area contributed by atoms with Gasteiger partial charge in [-0.25, -0.2) is 0 Å². The number of H-pyrrole nitrogens is 2. The van der Waals surface area contributed by atoms with Gasteiger partial charge >= 0.3 is 0 Å². The number of nitrogens with zero attached hydrogens (tertiary/aromatic N) is 1. The molecule has 0 atom stereocenters. The minimum Gasteiger partial charge on any atom is -0.494 e. The Morgan fingerprint density at radius 1 is 1.04 bits per heavy atom. The van der Waals surface area contributed by atoms with Gasteiger partial charge in [0.05, 0.1) is 29.9 Å². The monoisotopic (exact) mass is 365 g/mol. The maximum absolute atomic E-state index is 5.52. The zero-order valence-electron chi connectivity index (χ0n) is 16.6. The van der Waals surface area contributed by atoms with Crippen molar-refractivity contribution >= 4 is 11.8 Å². The molecule has 0 aliphatic carbocycles. The van der Waals surface area contributed by atoms with Gasteiger partial charge < -0.3 is 14.7 Å². The number of aromatic amines is 2. The lowest BCUT2D eigenvalue weighted by molar-refractivity contribution is 0.414. The summed E-state index contributed by atoms with van der Waals surface area (Å²) in [5.41, 5.74) is 5.17. The molecule has 0 saturated heterocycles. The van der Waals surface area contributed by atoms with E-state index < -0.39 is 0 Å². The van der Waals surface area contributed by atoms with Crippen LogP contribution < -0.4 is 4.74 Å². The first kappa shape index (κ1) is 19.3. The highest BCUT2D eigenvalue weighted by Gasteiger charge is 2.11. The molecule has 0 saturated carbocycles. The van der Waals surface area contributed by atoms with Gasteiger partial charge in [-0.1, -0.05) is 45.4 Å². The van der Waals surface area contributed by atoms with E-state index in [0.29, 0.717) is 0 Å². The van der Waals surface area contributed by atoms with Gasteiger partial charge in [0, 0.05) is 18.0 Å². The second-order valence-electron chi connectivity index (χ2n) is 7.13. The second-order valence-corrected chi connectivity index (χ2v) is 7.13. The summed E-state index contributed by atoms with van der Waals surface area (Å²) in [6.45, 7) is 2.26. The first-order valence-electron chi connectivity index (χ1n) is 10.2. The molecule has 144 valence electrons. The predicted molar refractivity (Wildman–Crippen MR) is 114 cm³/mol. The van der Waals surface area contributed by atoms with Crippen LogP contribution in [-0.4, -0.2) is 22.8 Å². The van der Waals surface area contributed by atoms with Crippen LogP contribution in [0, 0.1) is 0 Å². The number of nitrogens with one attached hydrogen (secondary N) is 2. The molecule has 0 unspecified atom stereocenters. The van der Waals surface area contributed by atoms with Crippen molar-refractivity contribution in [2.45, 2.75) is 58.3 Å². The largest absolute Gasteiger partial charge is 0.494 e. The second kappa shape index (κ2) is 10.0. The minimum absolute atomic E-state index is 0.830. The van der Waals surface area contributed by atoms with E-state index >= 15 is 0 Å². The van der Waals surface area contributed by atoms with Crippen molar-refractivity contribution in [3.63, 3.8) is 0 Å². The molecule has 2 aromatic heterocycles. The lowest BCUT2D eigenvalue weighted by Gasteiger charge is -2.01. The average molecular weight is 366 g/mol. The maximum atomic E-state index is 5.52. The van der Waals surface area contributed by atoms with Crippen LogP contribution >= 0.6 is 0 Å². The molecular formula is C23H31N3O. The summed E-state index contributed by atoms with van der Waals surface area (Å²) in [4.78, 5) is 11.4. The highest BCUT2D eigenvalue weighted by molar-refractivity contribution is 5.99. The number of aliphatic imine (C=N–C) groups is 1. The number of rotatable bonds is 11. The fourth-order valence-electron chi connectivity index (χ4n) is 3.42. The standard InChI is InChI=1S/C23H31N3O/c1-3-4-5-6-7-8-9-11-18-13-14-19(25-18)16-22-23(27-2)17-21(26-22)20-12-10-15-24-20/h10,12-17,24,26H,3-9,11H2,1-2H3. The van der Waals surface area contributed by atoms with Crippen molar-refractivity contribution in [1.82, 2.24) is 9.97 Å². The fourth-order valence-corrected chi connectivity index (χ4v) is 3.42. The summed E-state index contributed by atoms with van der Waals surface area (Å²) in [7, 11) is 1.70. The van der Waals surface area contributed by atoms with Crippen LogP contribution in [0.15, 0.2) is 47.2 Å². The fraction of sp³-hybridized carbons (Fsp3) is 0.435. The van der Waals surface area contributed by atoms with Crippen LogP contribution in [-0.2, 0) is 0 Å². The Morgan fingerprint density at radius 2 is 1.85 bits per heavy atom. The molecule has 0 fully saturated rings. The number of hydrogen-bond donors (Lipinski definition) is 2. The van der Waals surface area contributed by atoms with E-state index in [9.17, 15) is 0 Å². The molecule has 2 aromatic rings. The van der Waals surface area contributed by atoms with E-state index in [1.54, 1.807) is 7.11 Å². The Bertz CT molecular complexity index is 794. The van der Waals surface area contributed by atoms with Crippen LogP contribution in [0.4, 0.5) is 0 Å². The predicted octanol–water partition coefficient (Wildman–Crippen LogP) is 6.51. The molecule has 0 bridgehead atoms. The number of allylic oxidation sites excluding steroid dienone is 2. The van der Waals surface area contributed by atoms with E-state index in [1.165, 1.54) is 50.7 Å². The zero-order valence-corrected chi connectivity index (χ0v) is 16.6. The molecule has 0 radical (unpaired) electrons. The summed E-state index contributed by atoms with van der Waals surface area (Å²) >= 11 is 0. The normalized spacial score (nSPS) is 14.9. The van der Waals surface area contributed by atoms with E-state index in [2.05, 4.69) is 35.1 Å². The SMILES string of the molecule is CCCCCCCCCC1=NC(=Cc2[nH]c(-c3ccc[nH]3)cc2OC)C=C1. The van der Waals surface area contributed by atoms with Crippen molar-refractivity contribution in [3.8, 4) is 17.1 Å². The first-order valence-corrected chi connectivity index (χ1v) is 10.2. The van der Waals surface area contributed by atoms with Crippen molar-refractivity contribution in [3.05, 3.63) is 47.9 Å². The van der Waals surface area contributed by atoms with Crippen molar-refractivity contribution in [2.75, 3.05) is 7.11 Å². The molecule has 1 aliphatic heterocycles. The molecular weight excluding hydrogens is 334 g/mol. The van der Waals surface area contributed by atoms with Gasteiger partial charge in [0.15, 0.2) is 0 Å². The van der Waals surface area contributed by atoms with Crippen LogP contribution in [0.3, 0.4) is 0 Å². The lowest BCUT2D eigenvalue weighted by Crippen LogP contribution is -1.90. The molecule has 2 N–H and O–H groups in total. The number of methoxy groups -OCH3 is 1. The third kappa shape index (κ3) is 5.49. The summed E-state index contributed by atoms with van der Waals surface area (Å²) in [6, 6.07) is 6.04. The summed E-state index contributed by atoms with van der Waals surface area (Å²) in [5, 5.41) is 0. The van der Waals surface area contributed by atoms with Crippen LogP contribution in [0.1, 0.15) is 64.0 Å². The first-order chi connectivity index (χ1) is 13.3. The van der Waals surface area contributed by atoms with Gasteiger partial charge in [-0.15, -0.1) is 0 Å². The molecule has 1 aliphatic rings. The van der Waals surface area contributed by atoms with Crippen molar-refractivity contribution < 1.29 is 4.74 Å². The highest BCUT2D eigenvalue weighted by Crippen LogP contribution is 2.29. The molecule has 0 spiro atoms. The minimum atomic E-state index is 0.830. The van der Waals surface area contributed by atoms with Gasteiger partial charge in [-0.3, -0.25) is 4.99 Å². The Labute approximate surface area is 162 Å². The zero-order chi connectivity index (χ0) is 18.9. The Hall–Kier alpha value is -2.49. The Morgan fingerprint density at radius 3 is 2.59 bits per heavy atom. The average Bonchev–Trinajstić information content (AvgIpc) is 3.42. The number of hydrogen-bond acceptors (Lipinski definition) is 2. The van der Waals surface area contributed by atoms with Crippen LogP contribution in [0.25, 0.3) is 17.5 Å². The maximum Gasteiger partial charge on any atom is 0.144 e. The number of unbranched alkanes of at least 4 members (excludes halogenated alkanes) is 6. The van der Waals surface area contributed by atoms with Crippen molar-refractivity contribution in [1.29, 1.82) is 0 Å². The molecule has 0 aromatic carbocycles. The molecule has 3 rings (SSSR count). The van der Waals surface area contributed by atoms with Gasteiger partial charge in [0.2, 0.25) is 0 Å². The van der Waals surface area contributed by atoms with Gasteiger partial charge in [0.1, 0.15) is 5.75 Å². The molecule has 4 heteroatoms. The van der Waals surface area contributed by atoms with E-state index in [4.69, 9.17) is 9.73 Å². The van der Waals surface area contributed by atoms with E-state index in [0.717, 1.165) is 34.9 Å². The van der Waals surface area contributed by atoms with Crippen LogP contribution in [0.2, 0.25) is 0 Å². The number of aromatic nitrogens is 2. The third-order valence-corrected chi connectivity index (χ3v) is 4.97. The molecule has 4 nitrogen and oxygen atoms in total. The summed E-state index contributed by atoms with van der Waals surface area (Å²) < 4.78 is 5.52. The smallest absolute Gasteiger partial charge is 0.144 e. The Kier molecular flexibility index (Phi) is 7.14. The van der Waals surface area contributed by atoms with E-state index in [-0.39, 0.29) is 0 Å². The van der Waals surface area contributed by atoms with Crippen molar-refractivity contribution in [2.24, 2.45) is 4.99 Å². The topological polar surface area (TPSA) is 53.2 Å². The molecule has 27 heavy (non-hydrogen) atoms. The van der Waals surface area contributed by atoms with Crippen LogP contribution in [0.5, 0.6) is 5.75 Å². The third-order valence-electron chi connectivity index (χ3n) is 4.97. The summed E-state index contributed by atoms with van der Waals surface area (Å²) in [5.74, 6) is 0.830. The molecule has 3 heterocycles. The van der Waals surface area contributed by atoms with Gasteiger partial charge in [-0.05, 0) is 43.2 Å². The summed E-state index contributed by atoms with van der Waals surface area (Å²) in [6.07, 6.45) is 18.6. The molecule has 0 amide bonds. The Balaban J connectivity index is 1.55. The van der Waals surface area contributed by atoms with Gasteiger partial charge in [0.25, 0.3) is 0 Å². The van der Waals surface area contributed by atoms with Gasteiger partial charge in [-0.2, -0.15) is 0 Å². The van der Waals surface area contributed by atoms with E-state index in [1.807, 2.05) is 24.4 Å². The highest BCUT2D eigenvalue weighted by atomic mass is 16.5. The quantitative estimate of drug-likeness (QED) is 0.438. The number of ether oxygens (including phenoxy) is 1.